The first-order valence-corrected chi connectivity index (χ1v) is 5.93. The Morgan fingerprint density at radius 1 is 1.35 bits per heavy atom. The van der Waals surface area contributed by atoms with E-state index in [4.69, 9.17) is 5.11 Å². The maximum atomic E-state index is 12.2. The van der Waals surface area contributed by atoms with Crippen LogP contribution in [0.15, 0.2) is 12.2 Å². The quantitative estimate of drug-likeness (QED) is 0.547. The summed E-state index contributed by atoms with van der Waals surface area (Å²) in [5, 5.41) is 12.0. The molecule has 1 aliphatic rings. The number of carboxylic acids is 1. The Hall–Kier alpha value is -1.36. The van der Waals surface area contributed by atoms with Gasteiger partial charge in [-0.15, -0.1) is 0 Å². The highest BCUT2D eigenvalue weighted by molar-refractivity contribution is 5.85. The molecule has 5 nitrogen and oxygen atoms in total. The highest BCUT2D eigenvalue weighted by atomic mass is 16.4. The highest BCUT2D eigenvalue weighted by Gasteiger charge is 2.35. The van der Waals surface area contributed by atoms with Crippen LogP contribution in [-0.2, 0) is 9.59 Å². The van der Waals surface area contributed by atoms with Crippen LogP contribution in [0.1, 0.15) is 19.8 Å². The van der Waals surface area contributed by atoms with Crippen molar-refractivity contribution in [1.82, 2.24) is 10.2 Å². The number of nitrogens with one attached hydrogen (secondary N) is 1. The van der Waals surface area contributed by atoms with Gasteiger partial charge in [-0.05, 0) is 26.8 Å². The minimum Gasteiger partial charge on any atom is -0.481 e. The van der Waals surface area contributed by atoms with Gasteiger partial charge in [0.2, 0.25) is 5.91 Å². The fourth-order valence-electron chi connectivity index (χ4n) is 2.13. The average molecular weight is 240 g/mol. The average Bonchev–Trinajstić information content (AvgIpc) is 2.35. The standard InChI is InChI=1S/C12H20N2O3/c1-3-14(8-13-2)11(15)9-6-4-5-7-10(9)12(16)17/h4-5,9-10,13H,3,6-8H2,1-2H3,(H,16,17). The van der Waals surface area contributed by atoms with Gasteiger partial charge in [0, 0.05) is 6.54 Å². The molecule has 0 bridgehead atoms. The number of aliphatic carboxylic acids is 1. The largest absolute Gasteiger partial charge is 0.481 e. The zero-order valence-electron chi connectivity index (χ0n) is 10.3. The Bertz CT molecular complexity index is 315. The fourth-order valence-corrected chi connectivity index (χ4v) is 2.13. The van der Waals surface area contributed by atoms with E-state index in [-0.39, 0.29) is 5.91 Å². The predicted octanol–water partition coefficient (Wildman–Crippen LogP) is 0.679. The van der Waals surface area contributed by atoms with Gasteiger partial charge in [-0.2, -0.15) is 0 Å². The smallest absolute Gasteiger partial charge is 0.307 e. The van der Waals surface area contributed by atoms with Crippen LogP contribution in [0, 0.1) is 11.8 Å². The Balaban J connectivity index is 2.77. The van der Waals surface area contributed by atoms with E-state index in [0.29, 0.717) is 26.1 Å². The molecule has 1 aliphatic carbocycles. The lowest BCUT2D eigenvalue weighted by Gasteiger charge is -2.30. The molecule has 96 valence electrons. The molecule has 0 saturated carbocycles. The predicted molar refractivity (Wildman–Crippen MR) is 64.3 cm³/mol. The fraction of sp³-hybridized carbons (Fsp3) is 0.667. The maximum absolute atomic E-state index is 12.2. The van der Waals surface area contributed by atoms with E-state index in [1.807, 2.05) is 19.1 Å². The van der Waals surface area contributed by atoms with Crippen molar-refractivity contribution < 1.29 is 14.7 Å². The summed E-state index contributed by atoms with van der Waals surface area (Å²) >= 11 is 0. The molecule has 5 heteroatoms. The summed E-state index contributed by atoms with van der Waals surface area (Å²) in [4.78, 5) is 25.0. The summed E-state index contributed by atoms with van der Waals surface area (Å²) in [7, 11) is 1.77. The summed E-state index contributed by atoms with van der Waals surface area (Å²) < 4.78 is 0. The van der Waals surface area contributed by atoms with Gasteiger partial charge >= 0.3 is 5.97 Å². The molecule has 0 aromatic rings. The van der Waals surface area contributed by atoms with Crippen molar-refractivity contribution in [3.8, 4) is 0 Å². The Morgan fingerprint density at radius 3 is 2.41 bits per heavy atom. The van der Waals surface area contributed by atoms with E-state index >= 15 is 0 Å². The summed E-state index contributed by atoms with van der Waals surface area (Å²) in [6.45, 7) is 2.94. The number of carboxylic acid groups (broad SMARTS) is 1. The van der Waals surface area contributed by atoms with E-state index in [2.05, 4.69) is 5.32 Å². The summed E-state index contributed by atoms with van der Waals surface area (Å²) in [6.07, 6.45) is 4.71. The van der Waals surface area contributed by atoms with Gasteiger partial charge in [0.1, 0.15) is 0 Å². The number of rotatable bonds is 5. The third-order valence-corrected chi connectivity index (χ3v) is 3.11. The molecule has 0 aromatic heterocycles. The van der Waals surface area contributed by atoms with Crippen LogP contribution in [-0.4, -0.2) is 42.1 Å². The molecule has 0 aromatic carbocycles. The van der Waals surface area contributed by atoms with Crippen LogP contribution in [0.3, 0.4) is 0 Å². The minimum absolute atomic E-state index is 0.0707. The zero-order valence-corrected chi connectivity index (χ0v) is 10.3. The van der Waals surface area contributed by atoms with Crippen molar-refractivity contribution in [1.29, 1.82) is 0 Å². The van der Waals surface area contributed by atoms with Gasteiger partial charge < -0.3 is 15.3 Å². The van der Waals surface area contributed by atoms with E-state index < -0.39 is 17.8 Å². The van der Waals surface area contributed by atoms with Crippen LogP contribution in [0.2, 0.25) is 0 Å². The van der Waals surface area contributed by atoms with Gasteiger partial charge in [-0.25, -0.2) is 0 Å². The van der Waals surface area contributed by atoms with Crippen molar-refractivity contribution in [3.63, 3.8) is 0 Å². The van der Waals surface area contributed by atoms with E-state index in [9.17, 15) is 9.59 Å². The van der Waals surface area contributed by atoms with Crippen LogP contribution in [0.5, 0.6) is 0 Å². The molecule has 0 spiro atoms. The molecule has 1 rings (SSSR count). The highest BCUT2D eigenvalue weighted by Crippen LogP contribution is 2.27. The van der Waals surface area contributed by atoms with Crippen LogP contribution < -0.4 is 5.32 Å². The minimum atomic E-state index is -0.881. The monoisotopic (exact) mass is 240 g/mol. The second-order valence-electron chi connectivity index (χ2n) is 4.20. The Kier molecular flexibility index (Phi) is 5.15. The molecular formula is C12H20N2O3. The summed E-state index contributed by atoms with van der Waals surface area (Å²) in [5.41, 5.74) is 0. The number of allylic oxidation sites excluding steroid dienone is 2. The second-order valence-corrected chi connectivity index (χ2v) is 4.20. The number of carbonyl (C=O) groups is 2. The normalized spacial score (nSPS) is 23.4. The van der Waals surface area contributed by atoms with Crippen molar-refractivity contribution >= 4 is 11.9 Å². The number of carbonyl (C=O) groups excluding carboxylic acids is 1. The Labute approximate surface area is 101 Å². The van der Waals surface area contributed by atoms with Crippen LogP contribution in [0.4, 0.5) is 0 Å². The van der Waals surface area contributed by atoms with Gasteiger partial charge in [0.05, 0.1) is 18.5 Å². The molecule has 1 amide bonds. The Morgan fingerprint density at radius 2 is 1.94 bits per heavy atom. The van der Waals surface area contributed by atoms with Crippen molar-refractivity contribution in [3.05, 3.63) is 12.2 Å². The van der Waals surface area contributed by atoms with Crippen LogP contribution in [0.25, 0.3) is 0 Å². The SMILES string of the molecule is CCN(CNC)C(=O)C1CC=CCC1C(=O)O. The first-order valence-electron chi connectivity index (χ1n) is 5.93. The van der Waals surface area contributed by atoms with Crippen LogP contribution >= 0.6 is 0 Å². The van der Waals surface area contributed by atoms with Crippen molar-refractivity contribution in [2.75, 3.05) is 20.3 Å². The molecule has 0 heterocycles. The number of hydrogen-bond acceptors (Lipinski definition) is 3. The molecule has 0 aliphatic heterocycles. The molecule has 0 fully saturated rings. The maximum Gasteiger partial charge on any atom is 0.307 e. The molecule has 17 heavy (non-hydrogen) atoms. The molecule has 2 atom stereocenters. The summed E-state index contributed by atoms with van der Waals surface area (Å²) in [6, 6.07) is 0. The lowest BCUT2D eigenvalue weighted by atomic mass is 9.82. The molecule has 0 saturated heterocycles. The van der Waals surface area contributed by atoms with Gasteiger partial charge in [-0.1, -0.05) is 12.2 Å². The summed E-state index contributed by atoms with van der Waals surface area (Å²) in [5.74, 6) is -1.96. The van der Waals surface area contributed by atoms with E-state index in [1.165, 1.54) is 0 Å². The number of hydrogen-bond donors (Lipinski definition) is 2. The van der Waals surface area contributed by atoms with E-state index in [0.717, 1.165) is 0 Å². The third kappa shape index (κ3) is 3.30. The molecule has 2 N–H and O–H groups in total. The first-order chi connectivity index (χ1) is 8.11. The molecular weight excluding hydrogens is 220 g/mol. The second kappa shape index (κ2) is 6.39. The van der Waals surface area contributed by atoms with Crippen molar-refractivity contribution in [2.24, 2.45) is 11.8 Å². The molecule has 0 radical (unpaired) electrons. The number of amides is 1. The lowest BCUT2D eigenvalue weighted by molar-refractivity contribution is -0.150. The number of nitrogens with zero attached hydrogens (tertiary/aromatic N) is 1. The van der Waals surface area contributed by atoms with Gasteiger partial charge in [0.25, 0.3) is 0 Å². The first kappa shape index (κ1) is 13.7. The lowest BCUT2D eigenvalue weighted by Crippen LogP contribution is -2.44. The molecule has 2 unspecified atom stereocenters. The third-order valence-electron chi connectivity index (χ3n) is 3.11. The van der Waals surface area contributed by atoms with Gasteiger partial charge in [0.15, 0.2) is 0 Å². The zero-order chi connectivity index (χ0) is 12.8. The topological polar surface area (TPSA) is 69.6 Å². The van der Waals surface area contributed by atoms with Crippen molar-refractivity contribution in [2.45, 2.75) is 19.8 Å². The van der Waals surface area contributed by atoms with Gasteiger partial charge in [-0.3, -0.25) is 9.59 Å². The van der Waals surface area contributed by atoms with E-state index in [1.54, 1.807) is 11.9 Å².